The van der Waals surface area contributed by atoms with Crippen molar-refractivity contribution in [1.82, 2.24) is 0 Å². The molecule has 3 atom stereocenters. The van der Waals surface area contributed by atoms with Crippen LogP contribution in [0.25, 0.3) is 0 Å². The topological polar surface area (TPSA) is 89.9 Å². The number of hydrogen-bond acceptors (Lipinski definition) is 6. The minimum atomic E-state index is -0.971. The Bertz CT molecular complexity index is 695. The van der Waals surface area contributed by atoms with E-state index in [2.05, 4.69) is 0 Å². The van der Waals surface area contributed by atoms with Crippen molar-refractivity contribution in [2.45, 2.75) is 45.6 Å². The normalized spacial score (nSPS) is 25.5. The van der Waals surface area contributed by atoms with Crippen LogP contribution >= 0.6 is 0 Å². The zero-order valence-electron chi connectivity index (χ0n) is 15.0. The zero-order valence-corrected chi connectivity index (χ0v) is 15.0. The number of aromatic hydroxyl groups is 1. The molecular formula is C19H24O6. The second-order valence-corrected chi connectivity index (χ2v) is 6.80. The third-order valence-electron chi connectivity index (χ3n) is 5.01. The lowest BCUT2D eigenvalue weighted by Gasteiger charge is -2.28. The van der Waals surface area contributed by atoms with Crippen LogP contribution in [0.4, 0.5) is 0 Å². The van der Waals surface area contributed by atoms with Gasteiger partial charge in [-0.25, -0.2) is 0 Å². The van der Waals surface area contributed by atoms with E-state index < -0.39 is 23.3 Å². The summed E-state index contributed by atoms with van der Waals surface area (Å²) in [5, 5.41) is 10.1. The third kappa shape index (κ3) is 3.83. The van der Waals surface area contributed by atoms with Crippen LogP contribution < -0.4 is 4.74 Å². The Hall–Kier alpha value is -2.37. The van der Waals surface area contributed by atoms with Gasteiger partial charge in [0.2, 0.25) is 0 Å². The molecule has 0 unspecified atom stereocenters. The van der Waals surface area contributed by atoms with Crippen LogP contribution in [0.2, 0.25) is 0 Å². The van der Waals surface area contributed by atoms with Crippen LogP contribution in [-0.4, -0.2) is 35.4 Å². The van der Waals surface area contributed by atoms with E-state index in [4.69, 9.17) is 9.47 Å². The number of rotatable bonds is 7. The summed E-state index contributed by atoms with van der Waals surface area (Å²) < 4.78 is 10.5. The maximum absolute atomic E-state index is 12.8. The molecule has 0 bridgehead atoms. The summed E-state index contributed by atoms with van der Waals surface area (Å²) in [5.41, 5.74) is -0.725. The van der Waals surface area contributed by atoms with E-state index in [-0.39, 0.29) is 23.0 Å². The molecule has 136 valence electrons. The predicted molar refractivity (Wildman–Crippen MR) is 90.7 cm³/mol. The monoisotopic (exact) mass is 348 g/mol. The summed E-state index contributed by atoms with van der Waals surface area (Å²) in [5.74, 6) is -2.11. The maximum Gasteiger partial charge on any atom is 0.317 e. The van der Waals surface area contributed by atoms with E-state index in [0.29, 0.717) is 25.0 Å². The molecule has 1 saturated heterocycles. The highest BCUT2D eigenvalue weighted by Gasteiger charge is 2.53. The molecule has 6 nitrogen and oxygen atoms in total. The van der Waals surface area contributed by atoms with Crippen molar-refractivity contribution in [3.05, 3.63) is 23.8 Å². The van der Waals surface area contributed by atoms with Crippen molar-refractivity contribution >= 4 is 17.5 Å². The molecule has 0 aromatic heterocycles. The highest BCUT2D eigenvalue weighted by Crippen LogP contribution is 2.42. The first-order chi connectivity index (χ1) is 11.7. The van der Waals surface area contributed by atoms with Gasteiger partial charge in [-0.05, 0) is 38.8 Å². The first-order valence-electron chi connectivity index (χ1n) is 8.33. The van der Waals surface area contributed by atoms with E-state index in [1.807, 2.05) is 0 Å². The largest absolute Gasteiger partial charge is 0.507 e. The number of hydrogen-bond donors (Lipinski definition) is 1. The number of methoxy groups -OCH3 is 1. The maximum atomic E-state index is 12.8. The molecule has 0 radical (unpaired) electrons. The minimum absolute atomic E-state index is 0.0718. The van der Waals surface area contributed by atoms with Crippen LogP contribution in [-0.2, 0) is 14.3 Å². The molecule has 1 heterocycles. The fourth-order valence-corrected chi connectivity index (χ4v) is 3.26. The SMILES string of the molecule is COc1ccc(C(=O)[C@@H]2C(=O)O[C@@](C)(CCCC(C)=O)[C@@H]2C)c(O)c1. The Morgan fingerprint density at radius 2 is 2.04 bits per heavy atom. The molecule has 0 saturated carbocycles. The van der Waals surface area contributed by atoms with Gasteiger partial charge in [0.15, 0.2) is 5.78 Å². The fourth-order valence-electron chi connectivity index (χ4n) is 3.26. The number of benzene rings is 1. The van der Waals surface area contributed by atoms with Crippen molar-refractivity contribution < 1.29 is 29.0 Å². The lowest BCUT2D eigenvalue weighted by Crippen LogP contribution is -2.33. The molecule has 0 spiro atoms. The number of phenolic OH excluding ortho intramolecular Hbond substituents is 1. The lowest BCUT2D eigenvalue weighted by molar-refractivity contribution is -0.149. The number of esters is 1. The van der Waals surface area contributed by atoms with Crippen molar-refractivity contribution in [3.63, 3.8) is 0 Å². The molecule has 1 fully saturated rings. The van der Waals surface area contributed by atoms with E-state index in [1.165, 1.54) is 26.2 Å². The Kier molecular flexibility index (Phi) is 5.50. The highest BCUT2D eigenvalue weighted by atomic mass is 16.6. The summed E-state index contributed by atoms with van der Waals surface area (Å²) in [6.07, 6.45) is 1.52. The van der Waals surface area contributed by atoms with Crippen LogP contribution in [0.5, 0.6) is 11.5 Å². The minimum Gasteiger partial charge on any atom is -0.507 e. The summed E-state index contributed by atoms with van der Waals surface area (Å²) in [4.78, 5) is 36.2. The molecule has 1 aliphatic rings. The number of carbonyl (C=O) groups excluding carboxylic acids is 3. The van der Waals surface area contributed by atoms with Crippen molar-refractivity contribution in [2.24, 2.45) is 11.8 Å². The smallest absolute Gasteiger partial charge is 0.317 e. The van der Waals surface area contributed by atoms with Gasteiger partial charge in [-0.2, -0.15) is 0 Å². The molecule has 0 aliphatic carbocycles. The molecule has 2 rings (SSSR count). The average Bonchev–Trinajstić information content (AvgIpc) is 2.75. The summed E-state index contributed by atoms with van der Waals surface area (Å²) in [6, 6.07) is 4.34. The van der Waals surface area contributed by atoms with E-state index in [1.54, 1.807) is 19.9 Å². The quantitative estimate of drug-likeness (QED) is 0.463. The van der Waals surface area contributed by atoms with Gasteiger partial charge in [0, 0.05) is 18.4 Å². The van der Waals surface area contributed by atoms with Crippen molar-refractivity contribution in [1.29, 1.82) is 0 Å². The number of carbonyl (C=O) groups is 3. The number of cyclic esters (lactones) is 1. The summed E-state index contributed by atoms with van der Waals surface area (Å²) in [7, 11) is 1.46. The molecule has 1 N–H and O–H groups in total. The Morgan fingerprint density at radius 3 is 2.60 bits per heavy atom. The predicted octanol–water partition coefficient (Wildman–Crippen LogP) is 2.91. The highest BCUT2D eigenvalue weighted by molar-refractivity contribution is 6.11. The van der Waals surface area contributed by atoms with Gasteiger partial charge in [-0.15, -0.1) is 0 Å². The third-order valence-corrected chi connectivity index (χ3v) is 5.01. The van der Waals surface area contributed by atoms with E-state index in [9.17, 15) is 19.5 Å². The van der Waals surface area contributed by atoms with E-state index in [0.717, 1.165) is 0 Å². The number of Topliss-reactive ketones (excluding diaryl/α,β-unsaturated/α-hetero) is 2. The number of ether oxygens (including phenoxy) is 2. The average molecular weight is 348 g/mol. The molecule has 25 heavy (non-hydrogen) atoms. The molecular weight excluding hydrogens is 324 g/mol. The van der Waals surface area contributed by atoms with Crippen LogP contribution in [0.3, 0.4) is 0 Å². The summed E-state index contributed by atoms with van der Waals surface area (Å²) >= 11 is 0. The van der Waals surface area contributed by atoms with Crippen molar-refractivity contribution in [3.8, 4) is 11.5 Å². The first-order valence-corrected chi connectivity index (χ1v) is 8.33. The standard InChI is InChI=1S/C19H24O6/c1-11(20)6-5-9-19(3)12(2)16(18(23)25-19)17(22)14-8-7-13(24-4)10-15(14)21/h7-8,10,12,16,21H,5-6,9H2,1-4H3/t12-,16-,19+/m1/s1. The molecule has 1 aromatic carbocycles. The van der Waals surface area contributed by atoms with Crippen LogP contribution in [0, 0.1) is 11.8 Å². The first kappa shape index (κ1) is 19.0. The Morgan fingerprint density at radius 1 is 1.36 bits per heavy atom. The van der Waals surface area contributed by atoms with Crippen LogP contribution in [0.1, 0.15) is 50.4 Å². The fraction of sp³-hybridized carbons (Fsp3) is 0.526. The number of ketones is 2. The van der Waals surface area contributed by atoms with Gasteiger partial charge < -0.3 is 19.4 Å². The molecule has 1 aromatic rings. The Balaban J connectivity index is 2.20. The number of phenols is 1. The van der Waals surface area contributed by atoms with Gasteiger partial charge >= 0.3 is 5.97 Å². The van der Waals surface area contributed by atoms with Crippen LogP contribution in [0.15, 0.2) is 18.2 Å². The Labute approximate surface area is 147 Å². The van der Waals surface area contributed by atoms with Gasteiger partial charge in [-0.3, -0.25) is 9.59 Å². The van der Waals surface area contributed by atoms with Gasteiger partial charge in [0.1, 0.15) is 28.8 Å². The molecule has 6 heteroatoms. The molecule has 0 amide bonds. The van der Waals surface area contributed by atoms with Gasteiger partial charge in [-0.1, -0.05) is 6.92 Å². The second-order valence-electron chi connectivity index (χ2n) is 6.80. The summed E-state index contributed by atoms with van der Waals surface area (Å²) in [6.45, 7) is 5.10. The van der Waals surface area contributed by atoms with Gasteiger partial charge in [0.05, 0.1) is 12.7 Å². The second kappa shape index (κ2) is 7.25. The lowest BCUT2D eigenvalue weighted by atomic mass is 9.77. The zero-order chi connectivity index (χ0) is 18.8. The van der Waals surface area contributed by atoms with Crippen molar-refractivity contribution in [2.75, 3.05) is 7.11 Å². The van der Waals surface area contributed by atoms with Gasteiger partial charge in [0.25, 0.3) is 0 Å². The molecule has 1 aliphatic heterocycles. The van der Waals surface area contributed by atoms with E-state index >= 15 is 0 Å².